The summed E-state index contributed by atoms with van der Waals surface area (Å²) in [4.78, 5) is 26.0. The maximum Gasteiger partial charge on any atom is 0.260 e. The van der Waals surface area contributed by atoms with Crippen LogP contribution in [0.5, 0.6) is 5.75 Å². The Hall–Kier alpha value is -3.39. The average molecular weight is 360 g/mol. The lowest BCUT2D eigenvalue weighted by Gasteiger charge is -2.15. The molecule has 0 aliphatic carbocycles. The summed E-state index contributed by atoms with van der Waals surface area (Å²) in [5.74, 6) is 0.437. The van der Waals surface area contributed by atoms with Gasteiger partial charge in [-0.05, 0) is 60.9 Å². The first-order chi connectivity index (χ1) is 13.2. The maximum atomic E-state index is 12.3. The molecule has 0 radical (unpaired) electrons. The summed E-state index contributed by atoms with van der Waals surface area (Å²) in [6, 6.07) is 15.8. The summed E-state index contributed by atoms with van der Waals surface area (Å²) >= 11 is 0. The van der Waals surface area contributed by atoms with Gasteiger partial charge in [-0.1, -0.05) is 18.2 Å². The zero-order chi connectivity index (χ0) is 19.1. The molecule has 0 atom stereocenters. The van der Waals surface area contributed by atoms with Crippen LogP contribution in [-0.4, -0.2) is 36.3 Å². The number of carbonyl (C=O) groups excluding carboxylic acids is 2. The van der Waals surface area contributed by atoms with Crippen molar-refractivity contribution in [3.05, 3.63) is 71.3 Å². The van der Waals surface area contributed by atoms with Crippen molar-refractivity contribution in [2.45, 2.75) is 12.8 Å². The van der Waals surface area contributed by atoms with Gasteiger partial charge in [0, 0.05) is 18.7 Å². The third kappa shape index (κ3) is 5.05. The summed E-state index contributed by atoms with van der Waals surface area (Å²) < 4.78 is 5.52. The molecule has 0 aromatic heterocycles. The Balaban J connectivity index is 1.54. The van der Waals surface area contributed by atoms with E-state index < -0.39 is 0 Å². The molecule has 0 unspecified atom stereocenters. The number of amides is 1. The topological polar surface area (TPSA) is 70.4 Å². The van der Waals surface area contributed by atoms with Crippen molar-refractivity contribution in [3.63, 3.8) is 0 Å². The van der Waals surface area contributed by atoms with Crippen molar-refractivity contribution in [3.8, 4) is 11.8 Å². The van der Waals surface area contributed by atoms with Crippen molar-refractivity contribution in [1.29, 1.82) is 5.26 Å². The number of nitrogens with zero attached hydrogens (tertiary/aromatic N) is 2. The Morgan fingerprint density at radius 2 is 1.70 bits per heavy atom. The summed E-state index contributed by atoms with van der Waals surface area (Å²) in [5.41, 5.74) is 1.97. The Bertz CT molecular complexity index is 871. The average Bonchev–Trinajstić information content (AvgIpc) is 3.26. The third-order valence-electron chi connectivity index (χ3n) is 4.43. The molecule has 1 fully saturated rings. The van der Waals surface area contributed by atoms with Crippen LogP contribution in [0, 0.1) is 11.3 Å². The molecule has 5 nitrogen and oxygen atoms in total. The summed E-state index contributed by atoms with van der Waals surface area (Å²) in [6.07, 6.45) is 5.31. The fraction of sp³-hybridized carbons (Fsp3) is 0.227. The van der Waals surface area contributed by atoms with Gasteiger partial charge < -0.3 is 9.64 Å². The van der Waals surface area contributed by atoms with Gasteiger partial charge in [0.15, 0.2) is 12.4 Å². The molecule has 2 aromatic carbocycles. The summed E-state index contributed by atoms with van der Waals surface area (Å²) in [5, 5.41) is 8.79. The molecule has 1 aliphatic heterocycles. The second-order valence-corrected chi connectivity index (χ2v) is 6.33. The lowest BCUT2D eigenvalue weighted by molar-refractivity contribution is -0.132. The van der Waals surface area contributed by atoms with Gasteiger partial charge in [0.2, 0.25) is 0 Å². The SMILES string of the molecule is N#Cc1ccc(/C=C/C(=O)c2ccc(OCC(=O)N3CCCC3)cc2)cc1. The number of ketones is 1. The highest BCUT2D eigenvalue weighted by atomic mass is 16.5. The Morgan fingerprint density at radius 3 is 2.33 bits per heavy atom. The van der Waals surface area contributed by atoms with Gasteiger partial charge in [0.1, 0.15) is 5.75 Å². The van der Waals surface area contributed by atoms with Crippen LogP contribution in [0.25, 0.3) is 6.08 Å². The number of allylic oxidation sites excluding steroid dienone is 1. The van der Waals surface area contributed by atoms with Gasteiger partial charge in [0.25, 0.3) is 5.91 Å². The number of hydrogen-bond donors (Lipinski definition) is 0. The first kappa shape index (κ1) is 18.4. The van der Waals surface area contributed by atoms with Crippen molar-refractivity contribution >= 4 is 17.8 Å². The van der Waals surface area contributed by atoms with E-state index in [-0.39, 0.29) is 18.3 Å². The van der Waals surface area contributed by atoms with Crippen molar-refractivity contribution in [2.75, 3.05) is 19.7 Å². The monoisotopic (exact) mass is 360 g/mol. The Labute approximate surface area is 158 Å². The van der Waals surface area contributed by atoms with Gasteiger partial charge in [-0.25, -0.2) is 0 Å². The molecular formula is C22H20N2O3. The van der Waals surface area contributed by atoms with Crippen LogP contribution in [0.1, 0.15) is 34.3 Å². The minimum atomic E-state index is -0.126. The highest BCUT2D eigenvalue weighted by molar-refractivity contribution is 6.06. The maximum absolute atomic E-state index is 12.3. The van der Waals surface area contributed by atoms with Gasteiger partial charge in [0.05, 0.1) is 11.6 Å². The normalized spacial score (nSPS) is 13.5. The van der Waals surface area contributed by atoms with Gasteiger partial charge in [-0.3, -0.25) is 9.59 Å². The van der Waals surface area contributed by atoms with Crippen LogP contribution in [0.3, 0.4) is 0 Å². The number of rotatable bonds is 6. The molecule has 0 saturated carbocycles. The zero-order valence-electron chi connectivity index (χ0n) is 14.9. The number of hydrogen-bond acceptors (Lipinski definition) is 4. The predicted octanol–water partition coefficient (Wildman–Crippen LogP) is 3.46. The molecule has 1 saturated heterocycles. The minimum absolute atomic E-state index is 0.00185. The van der Waals surface area contributed by atoms with E-state index in [2.05, 4.69) is 6.07 Å². The minimum Gasteiger partial charge on any atom is -0.484 e. The van der Waals surface area contributed by atoms with E-state index in [0.29, 0.717) is 16.9 Å². The number of benzene rings is 2. The molecule has 2 aromatic rings. The van der Waals surface area contributed by atoms with E-state index >= 15 is 0 Å². The highest BCUT2D eigenvalue weighted by Gasteiger charge is 2.18. The highest BCUT2D eigenvalue weighted by Crippen LogP contribution is 2.15. The van der Waals surface area contributed by atoms with Crippen LogP contribution in [0.4, 0.5) is 0 Å². The first-order valence-corrected chi connectivity index (χ1v) is 8.89. The van der Waals surface area contributed by atoms with Gasteiger partial charge >= 0.3 is 0 Å². The number of likely N-dealkylation sites (tertiary alicyclic amines) is 1. The van der Waals surface area contributed by atoms with E-state index in [1.54, 1.807) is 54.6 Å². The van der Waals surface area contributed by atoms with E-state index in [9.17, 15) is 9.59 Å². The standard InChI is InChI=1S/C22H20N2O3/c23-15-18-5-3-17(4-6-18)7-12-21(25)19-8-10-20(11-9-19)27-16-22(26)24-13-1-2-14-24/h3-12H,1-2,13-14,16H2/b12-7+. The van der Waals surface area contributed by atoms with E-state index in [4.69, 9.17) is 10.00 Å². The zero-order valence-corrected chi connectivity index (χ0v) is 14.9. The van der Waals surface area contributed by atoms with Crippen LogP contribution >= 0.6 is 0 Å². The molecule has 27 heavy (non-hydrogen) atoms. The van der Waals surface area contributed by atoms with Gasteiger partial charge in [-0.2, -0.15) is 5.26 Å². The Morgan fingerprint density at radius 1 is 1.04 bits per heavy atom. The molecule has 1 heterocycles. The summed E-state index contributed by atoms with van der Waals surface area (Å²) in [6.45, 7) is 1.63. The second kappa shape index (κ2) is 8.81. The first-order valence-electron chi connectivity index (χ1n) is 8.89. The Kier molecular flexibility index (Phi) is 6.01. The largest absolute Gasteiger partial charge is 0.484 e. The molecule has 3 rings (SSSR count). The van der Waals surface area contributed by atoms with Crippen LogP contribution < -0.4 is 4.74 Å². The fourth-order valence-electron chi connectivity index (χ4n) is 2.86. The molecule has 0 N–H and O–H groups in total. The van der Waals surface area contributed by atoms with Crippen LogP contribution in [-0.2, 0) is 4.79 Å². The quantitative estimate of drug-likeness (QED) is 0.584. The van der Waals surface area contributed by atoms with E-state index in [1.807, 2.05) is 4.90 Å². The molecule has 0 spiro atoms. The summed E-state index contributed by atoms with van der Waals surface area (Å²) in [7, 11) is 0. The molecule has 136 valence electrons. The molecule has 5 heteroatoms. The second-order valence-electron chi connectivity index (χ2n) is 6.33. The number of ether oxygens (including phenoxy) is 1. The number of nitriles is 1. The van der Waals surface area contributed by atoms with Gasteiger partial charge in [-0.15, -0.1) is 0 Å². The molecular weight excluding hydrogens is 340 g/mol. The smallest absolute Gasteiger partial charge is 0.260 e. The molecule has 0 bridgehead atoms. The lowest BCUT2D eigenvalue weighted by atomic mass is 10.1. The molecule has 1 amide bonds. The van der Waals surface area contributed by atoms with E-state index in [1.165, 1.54) is 6.08 Å². The lowest BCUT2D eigenvalue weighted by Crippen LogP contribution is -2.32. The molecule has 1 aliphatic rings. The predicted molar refractivity (Wildman–Crippen MR) is 102 cm³/mol. The van der Waals surface area contributed by atoms with Crippen molar-refractivity contribution in [1.82, 2.24) is 4.90 Å². The van der Waals surface area contributed by atoms with Crippen molar-refractivity contribution < 1.29 is 14.3 Å². The number of carbonyl (C=O) groups is 2. The van der Waals surface area contributed by atoms with Crippen LogP contribution in [0.15, 0.2) is 54.6 Å². The van der Waals surface area contributed by atoms with E-state index in [0.717, 1.165) is 31.5 Å². The van der Waals surface area contributed by atoms with Crippen LogP contribution in [0.2, 0.25) is 0 Å². The third-order valence-corrected chi connectivity index (χ3v) is 4.43. The fourth-order valence-corrected chi connectivity index (χ4v) is 2.86. The van der Waals surface area contributed by atoms with Crippen molar-refractivity contribution in [2.24, 2.45) is 0 Å².